The van der Waals surface area contributed by atoms with Crippen LogP contribution in [0.25, 0.3) is 5.70 Å². The molecule has 2 nitrogen and oxygen atoms in total. The van der Waals surface area contributed by atoms with Gasteiger partial charge >= 0.3 is 0 Å². The van der Waals surface area contributed by atoms with Gasteiger partial charge in [-0.3, -0.25) is 4.99 Å². The van der Waals surface area contributed by atoms with Crippen molar-refractivity contribution in [1.82, 2.24) is 0 Å². The van der Waals surface area contributed by atoms with Crippen LogP contribution in [-0.4, -0.2) is 12.3 Å². The van der Waals surface area contributed by atoms with Crippen molar-refractivity contribution in [3.05, 3.63) is 94.6 Å². The molecular formula is C32H47ClN2. The van der Waals surface area contributed by atoms with Crippen LogP contribution >= 0.6 is 11.6 Å². The van der Waals surface area contributed by atoms with Gasteiger partial charge in [0.25, 0.3) is 0 Å². The van der Waals surface area contributed by atoms with Gasteiger partial charge in [0, 0.05) is 22.7 Å². The van der Waals surface area contributed by atoms with Crippen molar-refractivity contribution in [2.45, 2.75) is 75.7 Å². The first-order valence-electron chi connectivity index (χ1n) is 12.5. The highest BCUT2D eigenvalue weighted by Gasteiger charge is 2.19. The van der Waals surface area contributed by atoms with E-state index in [4.69, 9.17) is 11.6 Å². The van der Waals surface area contributed by atoms with Crippen LogP contribution in [-0.2, 0) is 0 Å². The van der Waals surface area contributed by atoms with Gasteiger partial charge in [-0.2, -0.15) is 0 Å². The highest BCUT2D eigenvalue weighted by atomic mass is 35.5. The van der Waals surface area contributed by atoms with Crippen LogP contribution in [0.2, 0.25) is 5.02 Å². The van der Waals surface area contributed by atoms with Gasteiger partial charge in [-0.1, -0.05) is 95.1 Å². The van der Waals surface area contributed by atoms with E-state index >= 15 is 0 Å². The summed E-state index contributed by atoms with van der Waals surface area (Å²) in [5, 5.41) is 4.01. The summed E-state index contributed by atoms with van der Waals surface area (Å²) in [7, 11) is 0. The Kier molecular flexibility index (Phi) is 15.0. The number of nitrogens with zero attached hydrogens (tertiary/aromatic N) is 1. The number of aliphatic imine (C=N–C) groups is 1. The zero-order chi connectivity index (χ0) is 27.2. The minimum atomic E-state index is 0.307. The normalized spacial score (nSPS) is 11.9. The Morgan fingerprint density at radius 1 is 1.00 bits per heavy atom. The lowest BCUT2D eigenvalue weighted by Gasteiger charge is -2.18. The first kappa shape index (κ1) is 32.4. The number of rotatable bonds is 4. The number of hydrogen-bond donors (Lipinski definition) is 1. The van der Waals surface area contributed by atoms with Crippen LogP contribution < -0.4 is 5.32 Å². The molecule has 1 heterocycles. The number of benzene rings is 2. The topological polar surface area (TPSA) is 24.4 Å². The van der Waals surface area contributed by atoms with Gasteiger partial charge in [0.2, 0.25) is 0 Å². The molecule has 0 radical (unpaired) electrons. The number of aryl methyl sites for hydroxylation is 2. The monoisotopic (exact) mass is 494 g/mol. The van der Waals surface area contributed by atoms with Crippen molar-refractivity contribution >= 4 is 28.7 Å². The maximum Gasteiger partial charge on any atom is 0.0611 e. The maximum absolute atomic E-state index is 6.22. The molecule has 3 rings (SSSR count). The molecule has 2 aromatic carbocycles. The predicted molar refractivity (Wildman–Crippen MR) is 162 cm³/mol. The predicted octanol–water partition coefficient (Wildman–Crippen LogP) is 10.5. The SMILES string of the molecule is C=C(C)CC.C=C(Nc1ccc(C)cc1)c1c(C)cccc1Cl.CC.CC1=NCC(C(C)(C)C)=C1. The van der Waals surface area contributed by atoms with E-state index < -0.39 is 0 Å². The lowest BCUT2D eigenvalue weighted by Crippen LogP contribution is -2.09. The average molecular weight is 495 g/mol. The fraction of sp³-hybridized carbons (Fsp3) is 0.406. The quantitative estimate of drug-likeness (QED) is 0.420. The van der Waals surface area contributed by atoms with Crippen LogP contribution in [0.1, 0.15) is 78.5 Å². The lowest BCUT2D eigenvalue weighted by atomic mass is 9.87. The van der Waals surface area contributed by atoms with Crippen LogP contribution in [0.3, 0.4) is 0 Å². The van der Waals surface area contributed by atoms with E-state index in [1.807, 2.05) is 58.0 Å². The Morgan fingerprint density at radius 2 is 1.54 bits per heavy atom. The number of allylic oxidation sites excluding steroid dienone is 2. The molecule has 0 spiro atoms. The van der Waals surface area contributed by atoms with Gasteiger partial charge in [-0.25, -0.2) is 0 Å². The summed E-state index contributed by atoms with van der Waals surface area (Å²) < 4.78 is 0. The van der Waals surface area contributed by atoms with E-state index in [9.17, 15) is 0 Å². The molecule has 0 fully saturated rings. The van der Waals surface area contributed by atoms with Crippen LogP contribution in [0.15, 0.2) is 77.8 Å². The molecule has 0 unspecified atom stereocenters. The largest absolute Gasteiger partial charge is 0.355 e. The van der Waals surface area contributed by atoms with Crippen molar-refractivity contribution in [3.63, 3.8) is 0 Å². The molecule has 0 atom stereocenters. The molecule has 1 aliphatic rings. The molecule has 1 N–H and O–H groups in total. The molecule has 0 aromatic heterocycles. The maximum atomic E-state index is 6.22. The fourth-order valence-electron chi connectivity index (χ4n) is 2.89. The Labute approximate surface area is 220 Å². The molecule has 192 valence electrons. The Balaban J connectivity index is 0.000000572. The Morgan fingerprint density at radius 3 is 1.91 bits per heavy atom. The fourth-order valence-corrected chi connectivity index (χ4v) is 3.23. The van der Waals surface area contributed by atoms with E-state index in [1.165, 1.54) is 22.4 Å². The molecule has 1 aliphatic heterocycles. The van der Waals surface area contributed by atoms with E-state index in [0.29, 0.717) is 5.41 Å². The first-order chi connectivity index (χ1) is 16.3. The standard InChI is InChI=1S/C16H16ClN.C9H15N.C5H10.C2H6/c1-11-7-9-14(10-8-11)18-13(3)16-12(2)5-4-6-15(16)17;1-7-5-8(6-10-7)9(2,3)4;1-4-5(2)3;1-2/h4-10,18H,3H2,1-2H3;5H,6H2,1-4H3;2,4H2,1,3H3;1-2H3. The van der Waals surface area contributed by atoms with Gasteiger partial charge in [0.05, 0.1) is 11.6 Å². The van der Waals surface area contributed by atoms with Crippen molar-refractivity contribution in [2.75, 3.05) is 11.9 Å². The summed E-state index contributed by atoms with van der Waals surface area (Å²) in [5.41, 5.74) is 9.35. The van der Waals surface area contributed by atoms with Gasteiger partial charge in [-0.15, -0.1) is 6.58 Å². The summed E-state index contributed by atoms with van der Waals surface area (Å²) in [6, 6.07) is 14.1. The van der Waals surface area contributed by atoms with Gasteiger partial charge in [0.15, 0.2) is 0 Å². The van der Waals surface area contributed by atoms with E-state index in [2.05, 4.69) is 83.2 Å². The lowest BCUT2D eigenvalue weighted by molar-refractivity contribution is 0.499. The highest BCUT2D eigenvalue weighted by Crippen LogP contribution is 2.28. The number of nitrogens with one attached hydrogen (secondary N) is 1. The minimum Gasteiger partial charge on any atom is -0.355 e. The van der Waals surface area contributed by atoms with Gasteiger partial charge < -0.3 is 5.32 Å². The number of hydrogen-bond acceptors (Lipinski definition) is 2. The highest BCUT2D eigenvalue weighted by molar-refractivity contribution is 6.32. The third-order valence-electron chi connectivity index (χ3n) is 5.32. The summed E-state index contributed by atoms with van der Waals surface area (Å²) in [4.78, 5) is 4.31. The van der Waals surface area contributed by atoms with E-state index in [1.54, 1.807) is 0 Å². The second-order valence-corrected chi connectivity index (χ2v) is 10.00. The smallest absolute Gasteiger partial charge is 0.0611 e. The zero-order valence-electron chi connectivity index (χ0n) is 23.8. The number of anilines is 1. The minimum absolute atomic E-state index is 0.307. The van der Waals surface area contributed by atoms with Crippen molar-refractivity contribution in [2.24, 2.45) is 10.4 Å². The summed E-state index contributed by atoms with van der Waals surface area (Å²) in [5.74, 6) is 0. The van der Waals surface area contributed by atoms with Crippen molar-refractivity contribution in [1.29, 1.82) is 0 Å². The molecule has 2 aromatic rings. The molecule has 35 heavy (non-hydrogen) atoms. The summed E-state index contributed by atoms with van der Waals surface area (Å²) in [6.07, 6.45) is 3.31. The summed E-state index contributed by atoms with van der Waals surface area (Å²) in [6.45, 7) is 29.6. The Hall–Kier alpha value is -2.58. The second kappa shape index (κ2) is 16.2. The van der Waals surface area contributed by atoms with Crippen LogP contribution in [0.5, 0.6) is 0 Å². The van der Waals surface area contributed by atoms with E-state index in [-0.39, 0.29) is 0 Å². The van der Waals surface area contributed by atoms with Crippen LogP contribution in [0.4, 0.5) is 5.69 Å². The van der Waals surface area contributed by atoms with Crippen molar-refractivity contribution in [3.8, 4) is 0 Å². The van der Waals surface area contributed by atoms with Crippen molar-refractivity contribution < 1.29 is 0 Å². The molecule has 3 heteroatoms. The molecule has 0 amide bonds. The third-order valence-corrected chi connectivity index (χ3v) is 5.63. The first-order valence-corrected chi connectivity index (χ1v) is 12.9. The molecule has 0 bridgehead atoms. The number of halogens is 1. The average Bonchev–Trinajstić information content (AvgIpc) is 3.24. The second-order valence-electron chi connectivity index (χ2n) is 9.59. The molecule has 0 saturated heterocycles. The summed E-state index contributed by atoms with van der Waals surface area (Å²) >= 11 is 6.22. The molecule has 0 aliphatic carbocycles. The van der Waals surface area contributed by atoms with Crippen LogP contribution in [0, 0.1) is 19.3 Å². The Bertz CT molecular complexity index is 983. The third kappa shape index (κ3) is 12.6. The van der Waals surface area contributed by atoms with Gasteiger partial charge in [0.1, 0.15) is 0 Å². The van der Waals surface area contributed by atoms with Gasteiger partial charge in [-0.05, 0) is 74.9 Å². The molecular weight excluding hydrogens is 448 g/mol. The zero-order valence-corrected chi connectivity index (χ0v) is 24.5. The van der Waals surface area contributed by atoms with E-state index in [0.717, 1.165) is 40.5 Å². The molecule has 0 saturated carbocycles.